The average Bonchev–Trinajstić information content (AvgIpc) is 2.59. The molecule has 0 unspecified atom stereocenters. The van der Waals surface area contributed by atoms with Gasteiger partial charge in [-0.05, 0) is 24.3 Å². The number of halogens is 1. The zero-order valence-corrected chi connectivity index (χ0v) is 14.2. The van der Waals surface area contributed by atoms with Crippen LogP contribution >= 0.6 is 11.6 Å². The molecule has 1 amide bonds. The number of benzene rings is 2. The number of para-hydroxylation sites is 1. The molecule has 0 bridgehead atoms. The molecule has 0 aromatic heterocycles. The predicted octanol–water partition coefficient (Wildman–Crippen LogP) is 1.43. The first-order valence-electron chi connectivity index (χ1n) is 6.78. The van der Waals surface area contributed by atoms with E-state index in [9.17, 15) is 23.3 Å². The molecule has 0 aliphatic carbocycles. The molecule has 25 heavy (non-hydrogen) atoms. The van der Waals surface area contributed by atoms with Gasteiger partial charge in [-0.15, -0.1) is 0 Å². The van der Waals surface area contributed by atoms with E-state index in [4.69, 9.17) is 17.4 Å². The average molecular weight is 385 g/mol. The number of hydrogen-bond acceptors (Lipinski definition) is 6. The summed E-state index contributed by atoms with van der Waals surface area (Å²) >= 11 is 5.88. The van der Waals surface area contributed by atoms with Crippen LogP contribution in [-0.2, 0) is 14.8 Å². The molecule has 2 aromatic rings. The Morgan fingerprint density at radius 3 is 2.52 bits per heavy atom. The molecule has 0 radical (unpaired) electrons. The summed E-state index contributed by atoms with van der Waals surface area (Å²) in [5.74, 6) is 4.23. The molecule has 0 heterocycles. The number of nitro groups is 1. The molecular formula is C14H13ClN4O5S. The Labute approximate surface area is 148 Å². The molecule has 2 aromatic carbocycles. The van der Waals surface area contributed by atoms with Crippen LogP contribution in [0.15, 0.2) is 53.4 Å². The van der Waals surface area contributed by atoms with E-state index in [0.717, 1.165) is 12.1 Å². The lowest BCUT2D eigenvalue weighted by molar-refractivity contribution is -0.387. The minimum Gasteiger partial charge on any atom is -0.293 e. The molecule has 11 heteroatoms. The quantitative estimate of drug-likeness (QED) is 0.334. The van der Waals surface area contributed by atoms with Crippen LogP contribution in [0, 0.1) is 10.1 Å². The van der Waals surface area contributed by atoms with Crippen molar-refractivity contribution in [1.82, 2.24) is 5.43 Å². The fourth-order valence-electron chi connectivity index (χ4n) is 2.07. The van der Waals surface area contributed by atoms with Crippen molar-refractivity contribution in [1.29, 1.82) is 0 Å². The molecular weight excluding hydrogens is 372 g/mol. The molecule has 0 saturated carbocycles. The highest BCUT2D eigenvalue weighted by molar-refractivity contribution is 7.93. The number of amides is 1. The van der Waals surface area contributed by atoms with Gasteiger partial charge in [0.2, 0.25) is 0 Å². The Hall–Kier alpha value is -2.69. The first kappa shape index (κ1) is 18.6. The molecule has 9 nitrogen and oxygen atoms in total. The van der Waals surface area contributed by atoms with Crippen LogP contribution in [-0.4, -0.2) is 25.8 Å². The van der Waals surface area contributed by atoms with Gasteiger partial charge in [-0.1, -0.05) is 29.8 Å². The minimum absolute atomic E-state index is 0.0641. The van der Waals surface area contributed by atoms with Gasteiger partial charge in [0.15, 0.2) is 4.90 Å². The molecule has 132 valence electrons. The molecule has 0 fully saturated rings. The monoisotopic (exact) mass is 384 g/mol. The van der Waals surface area contributed by atoms with Gasteiger partial charge in [-0.2, -0.15) is 0 Å². The van der Waals surface area contributed by atoms with Crippen molar-refractivity contribution in [3.8, 4) is 0 Å². The molecule has 2 rings (SSSR count). The summed E-state index contributed by atoms with van der Waals surface area (Å²) in [7, 11) is -4.44. The molecule has 3 N–H and O–H groups in total. The highest BCUT2D eigenvalue weighted by Gasteiger charge is 2.33. The van der Waals surface area contributed by atoms with Gasteiger partial charge in [0.1, 0.15) is 6.54 Å². The number of carbonyl (C=O) groups is 1. The number of nitrogens with one attached hydrogen (secondary N) is 1. The van der Waals surface area contributed by atoms with E-state index in [-0.39, 0.29) is 10.7 Å². The van der Waals surface area contributed by atoms with Crippen LogP contribution in [0.5, 0.6) is 0 Å². The van der Waals surface area contributed by atoms with Crippen LogP contribution in [0.1, 0.15) is 0 Å². The Balaban J connectivity index is 2.64. The summed E-state index contributed by atoms with van der Waals surface area (Å²) in [4.78, 5) is 21.5. The summed E-state index contributed by atoms with van der Waals surface area (Å²) in [5, 5.41) is 11.4. The topological polar surface area (TPSA) is 136 Å². The number of hydrogen-bond donors (Lipinski definition) is 2. The van der Waals surface area contributed by atoms with Crippen molar-refractivity contribution >= 4 is 38.9 Å². The lowest BCUT2D eigenvalue weighted by atomic mass is 10.3. The van der Waals surface area contributed by atoms with Crippen molar-refractivity contribution < 1.29 is 18.1 Å². The van der Waals surface area contributed by atoms with E-state index >= 15 is 0 Å². The van der Waals surface area contributed by atoms with Gasteiger partial charge in [0.25, 0.3) is 21.6 Å². The molecule has 0 spiro atoms. The zero-order valence-electron chi connectivity index (χ0n) is 12.6. The number of sulfonamides is 1. The van der Waals surface area contributed by atoms with Crippen LogP contribution in [0.2, 0.25) is 5.02 Å². The summed E-state index contributed by atoms with van der Waals surface area (Å²) < 4.78 is 26.7. The number of nitro benzene ring substituents is 1. The maximum Gasteiger partial charge on any atom is 0.289 e. The van der Waals surface area contributed by atoms with Gasteiger partial charge in [-0.3, -0.25) is 24.6 Å². The summed E-state index contributed by atoms with van der Waals surface area (Å²) in [6.45, 7) is -0.675. The summed E-state index contributed by atoms with van der Waals surface area (Å²) in [5.41, 5.74) is 1.28. The highest BCUT2D eigenvalue weighted by Crippen LogP contribution is 2.30. The van der Waals surface area contributed by atoms with Crippen LogP contribution in [0.3, 0.4) is 0 Å². The van der Waals surface area contributed by atoms with Gasteiger partial charge in [0, 0.05) is 11.1 Å². The van der Waals surface area contributed by atoms with E-state index in [1.54, 1.807) is 0 Å². The van der Waals surface area contributed by atoms with E-state index < -0.39 is 38.0 Å². The Kier molecular flexibility index (Phi) is 5.57. The lowest BCUT2D eigenvalue weighted by Crippen LogP contribution is -2.43. The van der Waals surface area contributed by atoms with E-state index in [2.05, 4.69) is 0 Å². The summed E-state index contributed by atoms with van der Waals surface area (Å²) in [6, 6.07) is 10.6. The van der Waals surface area contributed by atoms with E-state index in [1.165, 1.54) is 36.4 Å². The van der Waals surface area contributed by atoms with Crippen molar-refractivity contribution in [3.05, 3.63) is 63.7 Å². The number of hydrazine groups is 1. The number of carbonyl (C=O) groups excluding carboxylic acids is 1. The molecule has 0 atom stereocenters. The second kappa shape index (κ2) is 7.47. The Morgan fingerprint density at radius 1 is 1.24 bits per heavy atom. The highest BCUT2D eigenvalue weighted by atomic mass is 35.5. The molecule has 0 aliphatic heterocycles. The largest absolute Gasteiger partial charge is 0.293 e. The third-order valence-corrected chi connectivity index (χ3v) is 5.23. The third kappa shape index (κ3) is 4.05. The maximum atomic E-state index is 13.0. The predicted molar refractivity (Wildman–Crippen MR) is 91.4 cm³/mol. The van der Waals surface area contributed by atoms with Gasteiger partial charge >= 0.3 is 0 Å². The first-order valence-corrected chi connectivity index (χ1v) is 8.60. The Morgan fingerprint density at radius 2 is 1.92 bits per heavy atom. The number of rotatable bonds is 6. The van der Waals surface area contributed by atoms with Gasteiger partial charge in [-0.25, -0.2) is 14.3 Å². The maximum absolute atomic E-state index is 13.0. The van der Waals surface area contributed by atoms with E-state index in [1.807, 2.05) is 5.43 Å². The second-order valence-corrected chi connectivity index (χ2v) is 7.05. The summed E-state index contributed by atoms with van der Waals surface area (Å²) in [6.07, 6.45) is 0. The first-order chi connectivity index (χ1) is 11.8. The fraction of sp³-hybridized carbons (Fsp3) is 0.0714. The van der Waals surface area contributed by atoms with Crippen molar-refractivity contribution in [2.45, 2.75) is 4.90 Å². The van der Waals surface area contributed by atoms with Crippen molar-refractivity contribution in [2.75, 3.05) is 10.8 Å². The van der Waals surface area contributed by atoms with Crippen LogP contribution in [0.25, 0.3) is 0 Å². The van der Waals surface area contributed by atoms with Gasteiger partial charge in [0.05, 0.1) is 10.6 Å². The van der Waals surface area contributed by atoms with Crippen LogP contribution in [0.4, 0.5) is 11.4 Å². The number of nitrogens with zero attached hydrogens (tertiary/aromatic N) is 2. The fourth-order valence-corrected chi connectivity index (χ4v) is 3.82. The van der Waals surface area contributed by atoms with Gasteiger partial charge < -0.3 is 0 Å². The van der Waals surface area contributed by atoms with Crippen molar-refractivity contribution in [2.24, 2.45) is 5.84 Å². The lowest BCUT2D eigenvalue weighted by Gasteiger charge is -2.23. The van der Waals surface area contributed by atoms with Crippen LogP contribution < -0.4 is 15.6 Å². The minimum atomic E-state index is -4.44. The molecule has 0 saturated heterocycles. The second-order valence-electron chi connectivity index (χ2n) is 4.78. The molecule has 0 aliphatic rings. The number of nitrogens with two attached hydrogens (primary N) is 1. The SMILES string of the molecule is NNC(=O)CN(c1cccc(Cl)c1)S(=O)(=O)c1ccccc1[N+](=O)[O-]. The standard InChI is InChI=1S/C14H13ClN4O5S/c15-10-4-3-5-11(8-10)18(9-14(20)17-16)25(23,24)13-7-2-1-6-12(13)19(21)22/h1-8H,9,16H2,(H,17,20). The van der Waals surface area contributed by atoms with E-state index in [0.29, 0.717) is 4.31 Å². The Bertz CT molecular complexity index is 919. The zero-order chi connectivity index (χ0) is 18.6. The van der Waals surface area contributed by atoms with Crippen molar-refractivity contribution in [3.63, 3.8) is 0 Å². The third-order valence-electron chi connectivity index (χ3n) is 3.17. The number of anilines is 1. The normalized spacial score (nSPS) is 11.0. The smallest absolute Gasteiger partial charge is 0.289 e.